The standard InChI is InChI=1S/C10H9N5/c1-7-6-9-12-13-10(15(9)14-7)8-4-2-3-5-11-8/h2-6,14H,1H3. The predicted molar refractivity (Wildman–Crippen MR) is 55.3 cm³/mol. The van der Waals surface area contributed by atoms with E-state index in [4.69, 9.17) is 0 Å². The summed E-state index contributed by atoms with van der Waals surface area (Å²) in [6.07, 6.45) is 1.74. The minimum atomic E-state index is 0.735. The van der Waals surface area contributed by atoms with E-state index in [0.29, 0.717) is 0 Å². The Morgan fingerprint density at radius 1 is 1.27 bits per heavy atom. The van der Waals surface area contributed by atoms with Crippen molar-refractivity contribution in [1.29, 1.82) is 0 Å². The van der Waals surface area contributed by atoms with Crippen molar-refractivity contribution in [3.63, 3.8) is 0 Å². The van der Waals surface area contributed by atoms with Crippen LogP contribution in [-0.4, -0.2) is 24.8 Å². The SMILES string of the molecule is Cc1cc2nnc(-c3ccccn3)n2[nH]1. The molecule has 15 heavy (non-hydrogen) atoms. The Bertz CT molecular complexity index is 593. The van der Waals surface area contributed by atoms with Gasteiger partial charge in [0.1, 0.15) is 5.69 Å². The highest BCUT2D eigenvalue weighted by atomic mass is 15.4. The molecule has 74 valence electrons. The number of fused-ring (bicyclic) bond motifs is 1. The number of aromatic nitrogens is 5. The number of rotatable bonds is 1. The van der Waals surface area contributed by atoms with Crippen molar-refractivity contribution in [2.45, 2.75) is 6.92 Å². The van der Waals surface area contributed by atoms with Crippen LogP contribution in [0.25, 0.3) is 17.2 Å². The summed E-state index contributed by atoms with van der Waals surface area (Å²) in [7, 11) is 0. The fourth-order valence-electron chi connectivity index (χ4n) is 1.56. The lowest BCUT2D eigenvalue weighted by Crippen LogP contribution is -1.92. The van der Waals surface area contributed by atoms with Gasteiger partial charge in [-0.3, -0.25) is 10.1 Å². The normalized spacial score (nSPS) is 11.0. The molecule has 0 radical (unpaired) electrons. The van der Waals surface area contributed by atoms with Crippen LogP contribution < -0.4 is 0 Å². The van der Waals surface area contributed by atoms with Gasteiger partial charge in [-0.2, -0.15) is 0 Å². The first-order valence-corrected chi connectivity index (χ1v) is 4.67. The number of pyridine rings is 1. The molecule has 3 aromatic heterocycles. The molecule has 3 aromatic rings. The first kappa shape index (κ1) is 8.16. The molecule has 0 aromatic carbocycles. The van der Waals surface area contributed by atoms with E-state index < -0.39 is 0 Å². The van der Waals surface area contributed by atoms with E-state index in [-0.39, 0.29) is 0 Å². The second-order valence-corrected chi connectivity index (χ2v) is 3.37. The van der Waals surface area contributed by atoms with Crippen LogP contribution in [0.1, 0.15) is 5.69 Å². The Morgan fingerprint density at radius 2 is 2.20 bits per heavy atom. The maximum atomic E-state index is 4.24. The van der Waals surface area contributed by atoms with Crippen molar-refractivity contribution in [3.05, 3.63) is 36.2 Å². The molecular weight excluding hydrogens is 190 g/mol. The van der Waals surface area contributed by atoms with Gasteiger partial charge in [0.2, 0.25) is 5.82 Å². The van der Waals surface area contributed by atoms with E-state index in [0.717, 1.165) is 22.9 Å². The molecule has 5 heteroatoms. The Hall–Kier alpha value is -2.17. The van der Waals surface area contributed by atoms with Crippen molar-refractivity contribution in [2.75, 3.05) is 0 Å². The maximum Gasteiger partial charge on any atom is 0.201 e. The number of aryl methyl sites for hydroxylation is 1. The van der Waals surface area contributed by atoms with Gasteiger partial charge in [0.15, 0.2) is 5.65 Å². The second-order valence-electron chi connectivity index (χ2n) is 3.37. The number of nitrogens with one attached hydrogen (secondary N) is 1. The molecule has 0 spiro atoms. The van der Waals surface area contributed by atoms with E-state index in [2.05, 4.69) is 20.3 Å². The molecule has 0 saturated heterocycles. The summed E-state index contributed by atoms with van der Waals surface area (Å²) in [5, 5.41) is 11.3. The Kier molecular flexibility index (Phi) is 1.58. The fraction of sp³-hybridized carbons (Fsp3) is 0.100. The van der Waals surface area contributed by atoms with E-state index in [1.54, 1.807) is 6.20 Å². The summed E-state index contributed by atoms with van der Waals surface area (Å²) in [4.78, 5) is 4.24. The van der Waals surface area contributed by atoms with Crippen LogP contribution in [0.3, 0.4) is 0 Å². The Labute approximate surface area is 85.8 Å². The van der Waals surface area contributed by atoms with Gasteiger partial charge in [0, 0.05) is 18.0 Å². The summed E-state index contributed by atoms with van der Waals surface area (Å²) < 4.78 is 1.83. The molecule has 3 rings (SSSR count). The summed E-state index contributed by atoms with van der Waals surface area (Å²) in [6.45, 7) is 1.98. The zero-order valence-electron chi connectivity index (χ0n) is 8.18. The monoisotopic (exact) mass is 199 g/mol. The second kappa shape index (κ2) is 2.91. The lowest BCUT2D eigenvalue weighted by Gasteiger charge is -1.95. The van der Waals surface area contributed by atoms with E-state index in [9.17, 15) is 0 Å². The van der Waals surface area contributed by atoms with Gasteiger partial charge < -0.3 is 0 Å². The molecular formula is C10H9N5. The van der Waals surface area contributed by atoms with E-state index in [1.165, 1.54) is 0 Å². The van der Waals surface area contributed by atoms with Crippen LogP contribution in [0, 0.1) is 6.92 Å². The predicted octanol–water partition coefficient (Wildman–Crippen LogP) is 1.43. The van der Waals surface area contributed by atoms with Gasteiger partial charge >= 0.3 is 0 Å². The molecule has 3 heterocycles. The van der Waals surface area contributed by atoms with Crippen molar-refractivity contribution >= 4 is 5.65 Å². The zero-order chi connectivity index (χ0) is 10.3. The van der Waals surface area contributed by atoms with Gasteiger partial charge in [0.25, 0.3) is 0 Å². The van der Waals surface area contributed by atoms with Crippen LogP contribution in [0.5, 0.6) is 0 Å². The van der Waals surface area contributed by atoms with Gasteiger partial charge in [-0.1, -0.05) is 6.07 Å². The Balaban J connectivity index is 2.27. The summed E-state index contributed by atoms with van der Waals surface area (Å²) in [5.41, 5.74) is 2.68. The third-order valence-corrected chi connectivity index (χ3v) is 2.22. The van der Waals surface area contributed by atoms with Crippen molar-refractivity contribution in [2.24, 2.45) is 0 Å². The first-order chi connectivity index (χ1) is 7.34. The minimum Gasteiger partial charge on any atom is -0.295 e. The first-order valence-electron chi connectivity index (χ1n) is 4.67. The van der Waals surface area contributed by atoms with Crippen LogP contribution in [0.4, 0.5) is 0 Å². The van der Waals surface area contributed by atoms with Crippen LogP contribution >= 0.6 is 0 Å². The molecule has 0 bridgehead atoms. The minimum absolute atomic E-state index is 0.735. The summed E-state index contributed by atoms with van der Waals surface area (Å²) in [6, 6.07) is 7.66. The molecule has 0 saturated carbocycles. The third kappa shape index (κ3) is 1.20. The van der Waals surface area contributed by atoms with Gasteiger partial charge in [0.05, 0.1) is 0 Å². The highest BCUT2D eigenvalue weighted by Crippen LogP contribution is 2.15. The van der Waals surface area contributed by atoms with Gasteiger partial charge in [-0.05, 0) is 19.1 Å². The average molecular weight is 199 g/mol. The number of H-pyrrole nitrogens is 1. The van der Waals surface area contributed by atoms with Crippen molar-refractivity contribution in [1.82, 2.24) is 24.8 Å². The highest BCUT2D eigenvalue weighted by Gasteiger charge is 2.09. The van der Waals surface area contributed by atoms with E-state index in [1.807, 2.05) is 35.7 Å². The molecule has 0 fully saturated rings. The smallest absolute Gasteiger partial charge is 0.201 e. The molecule has 0 unspecified atom stereocenters. The molecule has 0 aliphatic carbocycles. The molecule has 0 atom stereocenters. The number of aromatic amines is 1. The quantitative estimate of drug-likeness (QED) is 0.645. The van der Waals surface area contributed by atoms with Crippen molar-refractivity contribution < 1.29 is 0 Å². The average Bonchev–Trinajstić information content (AvgIpc) is 2.77. The number of hydrogen-bond donors (Lipinski definition) is 1. The lowest BCUT2D eigenvalue weighted by molar-refractivity contribution is 0.931. The number of hydrogen-bond acceptors (Lipinski definition) is 3. The fourth-order valence-corrected chi connectivity index (χ4v) is 1.56. The van der Waals surface area contributed by atoms with Crippen LogP contribution in [-0.2, 0) is 0 Å². The molecule has 0 aliphatic heterocycles. The topological polar surface area (TPSA) is 58.9 Å². The maximum absolute atomic E-state index is 4.24. The van der Waals surface area contributed by atoms with Crippen LogP contribution in [0.15, 0.2) is 30.5 Å². The van der Waals surface area contributed by atoms with Gasteiger partial charge in [-0.15, -0.1) is 10.2 Å². The lowest BCUT2D eigenvalue weighted by atomic mass is 10.3. The summed E-state index contributed by atoms with van der Waals surface area (Å²) in [5.74, 6) is 0.735. The van der Waals surface area contributed by atoms with Crippen LogP contribution in [0.2, 0.25) is 0 Å². The molecule has 0 amide bonds. The van der Waals surface area contributed by atoms with E-state index >= 15 is 0 Å². The third-order valence-electron chi connectivity index (χ3n) is 2.22. The van der Waals surface area contributed by atoms with Crippen molar-refractivity contribution in [3.8, 4) is 11.5 Å². The molecule has 5 nitrogen and oxygen atoms in total. The number of nitrogens with zero attached hydrogens (tertiary/aromatic N) is 4. The molecule has 0 aliphatic rings. The zero-order valence-corrected chi connectivity index (χ0v) is 8.18. The summed E-state index contributed by atoms with van der Waals surface area (Å²) >= 11 is 0. The Morgan fingerprint density at radius 3 is 3.00 bits per heavy atom. The molecule has 1 N–H and O–H groups in total. The largest absolute Gasteiger partial charge is 0.295 e. The van der Waals surface area contributed by atoms with Gasteiger partial charge in [-0.25, -0.2) is 4.52 Å². The highest BCUT2D eigenvalue weighted by molar-refractivity contribution is 5.54.